The molecule has 0 spiro atoms. The van der Waals surface area contributed by atoms with E-state index in [9.17, 15) is 9.59 Å². The summed E-state index contributed by atoms with van der Waals surface area (Å²) >= 11 is 0. The highest BCUT2D eigenvalue weighted by Crippen LogP contribution is 2.51. The molecule has 1 aliphatic heterocycles. The molecule has 2 aromatic carbocycles. The van der Waals surface area contributed by atoms with Crippen LogP contribution in [0.5, 0.6) is 11.5 Å². The largest absolute Gasteiger partial charge is 0.454 e. The minimum Gasteiger partial charge on any atom is -0.454 e. The minimum absolute atomic E-state index is 0.0757. The zero-order valence-corrected chi connectivity index (χ0v) is 17.0. The van der Waals surface area contributed by atoms with Gasteiger partial charge in [0.15, 0.2) is 11.5 Å². The number of rotatable bonds is 5. The molecule has 7 nitrogen and oxygen atoms in total. The van der Waals surface area contributed by atoms with Crippen molar-refractivity contribution in [2.24, 2.45) is 0 Å². The highest BCUT2D eigenvalue weighted by Gasteiger charge is 2.51. The van der Waals surface area contributed by atoms with Crippen LogP contribution >= 0.6 is 0 Å². The Labute approximate surface area is 179 Å². The van der Waals surface area contributed by atoms with Crippen LogP contribution in [0, 0.1) is 0 Å². The summed E-state index contributed by atoms with van der Waals surface area (Å²) in [7, 11) is 1.60. The van der Waals surface area contributed by atoms with Gasteiger partial charge in [0.2, 0.25) is 12.7 Å². The van der Waals surface area contributed by atoms with Crippen molar-refractivity contribution in [2.75, 3.05) is 19.2 Å². The summed E-state index contributed by atoms with van der Waals surface area (Å²) in [5, 5.41) is 5.56. The molecule has 0 saturated heterocycles. The van der Waals surface area contributed by atoms with Crippen molar-refractivity contribution in [2.45, 2.75) is 18.3 Å². The second-order valence-electron chi connectivity index (χ2n) is 7.70. The van der Waals surface area contributed by atoms with Gasteiger partial charge in [0, 0.05) is 24.4 Å². The summed E-state index contributed by atoms with van der Waals surface area (Å²) in [5.41, 5.74) is 2.70. The molecular weight excluding hydrogens is 394 g/mol. The number of carbonyl (C=O) groups is 2. The summed E-state index contributed by atoms with van der Waals surface area (Å²) in [6, 6.07) is 16.6. The molecule has 156 valence electrons. The van der Waals surface area contributed by atoms with Gasteiger partial charge in [-0.2, -0.15) is 0 Å². The fourth-order valence-electron chi connectivity index (χ4n) is 3.82. The van der Waals surface area contributed by atoms with Gasteiger partial charge >= 0.3 is 0 Å². The van der Waals surface area contributed by atoms with Crippen molar-refractivity contribution in [1.29, 1.82) is 0 Å². The number of amides is 2. The predicted molar refractivity (Wildman–Crippen MR) is 115 cm³/mol. The number of carbonyl (C=O) groups excluding carboxylic acids is 2. The number of hydrogen-bond acceptors (Lipinski definition) is 5. The molecule has 0 radical (unpaired) electrons. The first-order valence-corrected chi connectivity index (χ1v) is 10.1. The van der Waals surface area contributed by atoms with Crippen LogP contribution < -0.4 is 20.1 Å². The molecule has 31 heavy (non-hydrogen) atoms. The fourth-order valence-corrected chi connectivity index (χ4v) is 3.82. The Hall–Kier alpha value is -3.87. The van der Waals surface area contributed by atoms with E-state index in [0.29, 0.717) is 22.9 Å². The third kappa shape index (κ3) is 3.48. The quantitative estimate of drug-likeness (QED) is 0.666. The molecule has 0 unspecified atom stereocenters. The van der Waals surface area contributed by atoms with Crippen molar-refractivity contribution < 1.29 is 19.1 Å². The zero-order chi connectivity index (χ0) is 21.4. The summed E-state index contributed by atoms with van der Waals surface area (Å²) in [4.78, 5) is 29.3. The van der Waals surface area contributed by atoms with E-state index in [1.165, 1.54) is 0 Å². The van der Waals surface area contributed by atoms with Gasteiger partial charge < -0.3 is 20.1 Å². The van der Waals surface area contributed by atoms with Crippen LogP contribution in [0.15, 0.2) is 60.8 Å². The maximum Gasteiger partial charge on any atom is 0.251 e. The number of hydrogen-bond donors (Lipinski definition) is 2. The number of nitrogens with zero attached hydrogens (tertiary/aromatic N) is 1. The van der Waals surface area contributed by atoms with Gasteiger partial charge in [-0.1, -0.05) is 18.2 Å². The standard InChI is InChI=1S/C24H21N3O4/c1-25-22(28)16-4-2-3-15(11-16)17-5-8-21(26-13-17)27-23(29)24(9-10-24)18-6-7-19-20(12-18)31-14-30-19/h2-8,11-13H,9-10,14H2,1H3,(H,25,28)(H,26,27,29). The first-order chi connectivity index (χ1) is 15.1. The Bertz CT molecular complexity index is 1170. The van der Waals surface area contributed by atoms with Crippen molar-refractivity contribution in [3.8, 4) is 22.6 Å². The number of anilines is 1. The Kier molecular flexibility index (Phi) is 4.58. The number of benzene rings is 2. The molecule has 1 fully saturated rings. The summed E-state index contributed by atoms with van der Waals surface area (Å²) in [6.45, 7) is 0.209. The summed E-state index contributed by atoms with van der Waals surface area (Å²) in [6.07, 6.45) is 3.25. The highest BCUT2D eigenvalue weighted by molar-refractivity contribution is 6.01. The van der Waals surface area contributed by atoms with Crippen LogP contribution in [-0.2, 0) is 10.2 Å². The normalized spacial score (nSPS) is 15.3. The number of ether oxygens (including phenoxy) is 2. The first-order valence-electron chi connectivity index (χ1n) is 10.1. The molecule has 2 aliphatic rings. The summed E-state index contributed by atoms with van der Waals surface area (Å²) < 4.78 is 10.8. The van der Waals surface area contributed by atoms with E-state index < -0.39 is 5.41 Å². The molecule has 1 saturated carbocycles. The summed E-state index contributed by atoms with van der Waals surface area (Å²) in [5.74, 6) is 1.66. The van der Waals surface area contributed by atoms with E-state index in [4.69, 9.17) is 9.47 Å². The topological polar surface area (TPSA) is 89.6 Å². The third-order valence-electron chi connectivity index (χ3n) is 5.80. The fraction of sp³-hybridized carbons (Fsp3) is 0.208. The number of pyridine rings is 1. The molecule has 2 amide bonds. The van der Waals surface area contributed by atoms with Gasteiger partial charge in [-0.3, -0.25) is 9.59 Å². The van der Waals surface area contributed by atoms with Crippen LogP contribution in [0.4, 0.5) is 5.82 Å². The average Bonchev–Trinajstić information content (AvgIpc) is 3.50. The first kappa shape index (κ1) is 19.1. The average molecular weight is 415 g/mol. The van der Waals surface area contributed by atoms with Crippen LogP contribution in [0.1, 0.15) is 28.8 Å². The SMILES string of the molecule is CNC(=O)c1cccc(-c2ccc(NC(=O)C3(c4ccc5c(c4)OCO5)CC3)nc2)c1. The van der Waals surface area contributed by atoms with Crippen LogP contribution in [0.2, 0.25) is 0 Å². The Morgan fingerprint density at radius 3 is 2.55 bits per heavy atom. The number of fused-ring (bicyclic) bond motifs is 1. The lowest BCUT2D eigenvalue weighted by Crippen LogP contribution is -2.28. The van der Waals surface area contributed by atoms with Crippen LogP contribution in [0.3, 0.4) is 0 Å². The number of nitrogens with one attached hydrogen (secondary N) is 2. The minimum atomic E-state index is -0.552. The van der Waals surface area contributed by atoms with Gasteiger partial charge in [0.25, 0.3) is 5.91 Å². The molecule has 2 heterocycles. The van der Waals surface area contributed by atoms with E-state index in [2.05, 4.69) is 15.6 Å². The molecule has 0 atom stereocenters. The second kappa shape index (κ2) is 7.43. The monoisotopic (exact) mass is 415 g/mol. The third-order valence-corrected chi connectivity index (χ3v) is 5.80. The highest BCUT2D eigenvalue weighted by atomic mass is 16.7. The molecule has 0 bridgehead atoms. The van der Waals surface area contributed by atoms with E-state index in [0.717, 1.165) is 29.5 Å². The second-order valence-corrected chi connectivity index (χ2v) is 7.70. The van der Waals surface area contributed by atoms with Crippen molar-refractivity contribution in [1.82, 2.24) is 10.3 Å². The van der Waals surface area contributed by atoms with Crippen LogP contribution in [-0.4, -0.2) is 30.6 Å². The molecule has 3 aromatic rings. The molecule has 7 heteroatoms. The van der Waals surface area contributed by atoms with Crippen LogP contribution in [0.25, 0.3) is 11.1 Å². The lowest BCUT2D eigenvalue weighted by atomic mass is 9.94. The maximum atomic E-state index is 13.0. The molecule has 2 N–H and O–H groups in total. The smallest absolute Gasteiger partial charge is 0.251 e. The van der Waals surface area contributed by atoms with Gasteiger partial charge in [-0.15, -0.1) is 0 Å². The van der Waals surface area contributed by atoms with Crippen molar-refractivity contribution in [3.63, 3.8) is 0 Å². The zero-order valence-electron chi connectivity index (χ0n) is 17.0. The Morgan fingerprint density at radius 2 is 1.81 bits per heavy atom. The Balaban J connectivity index is 1.32. The molecule has 5 rings (SSSR count). The van der Waals surface area contributed by atoms with Gasteiger partial charge in [0.1, 0.15) is 5.82 Å². The van der Waals surface area contributed by atoms with E-state index in [1.807, 2.05) is 42.5 Å². The van der Waals surface area contributed by atoms with Gasteiger partial charge in [-0.25, -0.2) is 4.98 Å². The van der Waals surface area contributed by atoms with E-state index >= 15 is 0 Å². The lowest BCUT2D eigenvalue weighted by molar-refractivity contribution is -0.118. The van der Waals surface area contributed by atoms with Crippen molar-refractivity contribution in [3.05, 3.63) is 71.9 Å². The molecular formula is C24H21N3O4. The van der Waals surface area contributed by atoms with E-state index in [-0.39, 0.29) is 18.6 Å². The lowest BCUT2D eigenvalue weighted by Gasteiger charge is -2.16. The van der Waals surface area contributed by atoms with Gasteiger partial charge in [0.05, 0.1) is 5.41 Å². The van der Waals surface area contributed by atoms with Crippen molar-refractivity contribution >= 4 is 17.6 Å². The van der Waals surface area contributed by atoms with Gasteiger partial charge in [-0.05, 0) is 60.4 Å². The number of aromatic nitrogens is 1. The molecule has 1 aliphatic carbocycles. The van der Waals surface area contributed by atoms with E-state index in [1.54, 1.807) is 25.4 Å². The Morgan fingerprint density at radius 1 is 0.968 bits per heavy atom. The molecule has 1 aromatic heterocycles. The maximum absolute atomic E-state index is 13.0. The predicted octanol–water partition coefficient (Wildman–Crippen LogP) is 3.51.